The summed E-state index contributed by atoms with van der Waals surface area (Å²) in [4.78, 5) is 6.90. The Bertz CT molecular complexity index is 877. The van der Waals surface area contributed by atoms with Crippen LogP contribution in [0.15, 0.2) is 66.0 Å². The van der Waals surface area contributed by atoms with Crippen LogP contribution in [0.2, 0.25) is 0 Å². The van der Waals surface area contributed by atoms with Gasteiger partial charge in [0.1, 0.15) is 0 Å². The summed E-state index contributed by atoms with van der Waals surface area (Å²) < 4.78 is 0. The standard InChI is InChI=1S/C26H34N4/c1-5-21-18-23(9-12-26(21)20(2)3)22-13-16-30(17-14-22)19-25(29-27-4)11-10-24-8-6-7-15-28-24/h6-9,11-12,15,18,22,29H,2,4-5,10,13-14,16-17,19H2,1,3H3/b25-11-. The molecule has 4 heteroatoms. The quantitative estimate of drug-likeness (QED) is 0.464. The number of hydrogen-bond donors (Lipinski definition) is 1. The maximum Gasteiger partial charge on any atom is 0.0442 e. The molecule has 1 aromatic heterocycles. The SMILES string of the molecule is C=NN/C(=C\Cc1ccccn1)CN1CCC(c2ccc(C(=C)C)c(CC)c2)CC1. The smallest absolute Gasteiger partial charge is 0.0442 e. The molecule has 0 amide bonds. The van der Waals surface area contributed by atoms with E-state index in [-0.39, 0.29) is 0 Å². The van der Waals surface area contributed by atoms with Crippen molar-refractivity contribution in [2.24, 2.45) is 5.10 Å². The van der Waals surface area contributed by atoms with E-state index in [0.717, 1.165) is 49.4 Å². The van der Waals surface area contributed by atoms with Crippen molar-refractivity contribution in [1.82, 2.24) is 15.3 Å². The Hall–Kier alpha value is -2.72. The van der Waals surface area contributed by atoms with Gasteiger partial charge in [0, 0.05) is 37.3 Å². The summed E-state index contributed by atoms with van der Waals surface area (Å²) >= 11 is 0. The van der Waals surface area contributed by atoms with Crippen LogP contribution in [0, 0.1) is 0 Å². The average molecular weight is 403 g/mol. The Kier molecular flexibility index (Phi) is 7.97. The highest BCUT2D eigenvalue weighted by Gasteiger charge is 2.21. The molecule has 0 bridgehead atoms. The van der Waals surface area contributed by atoms with Crippen LogP contribution in [0.1, 0.15) is 55.0 Å². The molecule has 0 unspecified atom stereocenters. The molecule has 1 aliphatic heterocycles. The third-order valence-electron chi connectivity index (χ3n) is 5.93. The number of nitrogens with one attached hydrogen (secondary N) is 1. The van der Waals surface area contributed by atoms with Crippen molar-refractivity contribution < 1.29 is 0 Å². The number of hydrogen-bond acceptors (Lipinski definition) is 4. The highest BCUT2D eigenvalue weighted by atomic mass is 15.3. The van der Waals surface area contributed by atoms with Gasteiger partial charge in [-0.2, -0.15) is 5.10 Å². The molecular formula is C26H34N4. The van der Waals surface area contributed by atoms with Crippen LogP contribution in [-0.4, -0.2) is 36.2 Å². The normalized spacial score (nSPS) is 15.7. The molecule has 30 heavy (non-hydrogen) atoms. The minimum Gasteiger partial charge on any atom is -0.298 e. The summed E-state index contributed by atoms with van der Waals surface area (Å²) in [5, 5.41) is 3.90. The van der Waals surface area contributed by atoms with Gasteiger partial charge in [0.15, 0.2) is 0 Å². The molecule has 1 aromatic carbocycles. The molecule has 0 aliphatic carbocycles. The summed E-state index contributed by atoms with van der Waals surface area (Å²) in [5.74, 6) is 0.636. The second kappa shape index (κ2) is 10.9. The van der Waals surface area contributed by atoms with Gasteiger partial charge < -0.3 is 0 Å². The number of nitrogens with zero attached hydrogens (tertiary/aromatic N) is 3. The van der Waals surface area contributed by atoms with E-state index < -0.39 is 0 Å². The van der Waals surface area contributed by atoms with Gasteiger partial charge in [-0.1, -0.05) is 49.4 Å². The van der Waals surface area contributed by atoms with Gasteiger partial charge in [-0.15, -0.1) is 0 Å². The Morgan fingerprint density at radius 3 is 2.70 bits per heavy atom. The first kappa shape index (κ1) is 22.0. The van der Waals surface area contributed by atoms with Gasteiger partial charge in [-0.05, 0) is 74.0 Å². The maximum atomic E-state index is 4.39. The van der Waals surface area contributed by atoms with Crippen molar-refractivity contribution in [2.45, 2.75) is 45.4 Å². The number of aryl methyl sites for hydroxylation is 1. The van der Waals surface area contributed by atoms with Crippen LogP contribution in [-0.2, 0) is 12.8 Å². The predicted molar refractivity (Wildman–Crippen MR) is 128 cm³/mol. The zero-order valence-corrected chi connectivity index (χ0v) is 18.4. The molecule has 158 valence electrons. The molecule has 1 fully saturated rings. The highest BCUT2D eigenvalue weighted by molar-refractivity contribution is 5.65. The lowest BCUT2D eigenvalue weighted by Crippen LogP contribution is -2.36. The maximum absolute atomic E-state index is 4.39. The number of piperidine rings is 1. The monoisotopic (exact) mass is 402 g/mol. The largest absolute Gasteiger partial charge is 0.298 e. The lowest BCUT2D eigenvalue weighted by Gasteiger charge is -2.33. The molecule has 0 spiro atoms. The van der Waals surface area contributed by atoms with Crippen molar-refractivity contribution in [3.8, 4) is 0 Å². The number of pyridine rings is 1. The lowest BCUT2D eigenvalue weighted by molar-refractivity contribution is 0.225. The summed E-state index contributed by atoms with van der Waals surface area (Å²) in [6, 6.07) is 13.0. The molecular weight excluding hydrogens is 368 g/mol. The predicted octanol–water partition coefficient (Wildman–Crippen LogP) is 5.19. The van der Waals surface area contributed by atoms with Crippen LogP contribution in [0.5, 0.6) is 0 Å². The average Bonchev–Trinajstić information content (AvgIpc) is 2.78. The number of rotatable bonds is 9. The second-order valence-corrected chi connectivity index (χ2v) is 8.13. The molecule has 1 aliphatic rings. The van der Waals surface area contributed by atoms with Gasteiger partial charge in [-0.3, -0.25) is 15.3 Å². The first-order valence-corrected chi connectivity index (χ1v) is 10.9. The Morgan fingerprint density at radius 2 is 2.07 bits per heavy atom. The number of hydrazone groups is 1. The van der Waals surface area contributed by atoms with E-state index in [0.29, 0.717) is 5.92 Å². The fourth-order valence-electron chi connectivity index (χ4n) is 4.24. The van der Waals surface area contributed by atoms with Crippen LogP contribution in [0.3, 0.4) is 0 Å². The third kappa shape index (κ3) is 5.90. The van der Waals surface area contributed by atoms with Crippen LogP contribution in [0.25, 0.3) is 5.57 Å². The highest BCUT2D eigenvalue weighted by Crippen LogP contribution is 2.31. The van der Waals surface area contributed by atoms with Gasteiger partial charge in [0.2, 0.25) is 0 Å². The summed E-state index contributed by atoms with van der Waals surface area (Å²) in [5.41, 5.74) is 10.6. The second-order valence-electron chi connectivity index (χ2n) is 8.13. The summed E-state index contributed by atoms with van der Waals surface area (Å²) in [6.45, 7) is 15.1. The Balaban J connectivity index is 1.59. The van der Waals surface area contributed by atoms with E-state index in [2.05, 4.69) is 71.8 Å². The third-order valence-corrected chi connectivity index (χ3v) is 5.93. The van der Waals surface area contributed by atoms with Gasteiger partial charge in [0.25, 0.3) is 0 Å². The molecule has 2 heterocycles. The summed E-state index contributed by atoms with van der Waals surface area (Å²) in [6.07, 6.45) is 8.23. The molecule has 4 nitrogen and oxygen atoms in total. The van der Waals surface area contributed by atoms with E-state index >= 15 is 0 Å². The van der Waals surface area contributed by atoms with Crippen molar-refractivity contribution in [1.29, 1.82) is 0 Å². The minimum atomic E-state index is 0.636. The van der Waals surface area contributed by atoms with E-state index in [9.17, 15) is 0 Å². The lowest BCUT2D eigenvalue weighted by atomic mass is 9.86. The topological polar surface area (TPSA) is 40.5 Å². The molecule has 1 saturated heterocycles. The van der Waals surface area contributed by atoms with Crippen molar-refractivity contribution in [3.63, 3.8) is 0 Å². The molecule has 0 atom stereocenters. The number of likely N-dealkylation sites (tertiary alicyclic amines) is 1. The van der Waals surface area contributed by atoms with E-state index in [1.165, 1.54) is 29.5 Å². The Labute approximate surface area is 181 Å². The van der Waals surface area contributed by atoms with E-state index in [1.807, 2.05) is 24.4 Å². The zero-order chi connectivity index (χ0) is 21.3. The van der Waals surface area contributed by atoms with Crippen molar-refractivity contribution in [3.05, 3.63) is 83.3 Å². The first-order valence-electron chi connectivity index (χ1n) is 10.9. The van der Waals surface area contributed by atoms with Crippen LogP contribution < -0.4 is 5.43 Å². The van der Waals surface area contributed by atoms with E-state index in [1.54, 1.807) is 0 Å². The molecule has 3 rings (SSSR count). The molecule has 2 aromatic rings. The minimum absolute atomic E-state index is 0.636. The van der Waals surface area contributed by atoms with Crippen LogP contribution in [0.4, 0.5) is 0 Å². The van der Waals surface area contributed by atoms with Gasteiger partial charge >= 0.3 is 0 Å². The van der Waals surface area contributed by atoms with E-state index in [4.69, 9.17) is 0 Å². The van der Waals surface area contributed by atoms with Crippen LogP contribution >= 0.6 is 0 Å². The number of benzene rings is 1. The van der Waals surface area contributed by atoms with Crippen molar-refractivity contribution >= 4 is 12.3 Å². The number of aromatic nitrogens is 1. The fourth-order valence-corrected chi connectivity index (χ4v) is 4.24. The first-order chi connectivity index (χ1) is 14.6. The van der Waals surface area contributed by atoms with Gasteiger partial charge in [-0.25, -0.2) is 0 Å². The molecule has 1 N–H and O–H groups in total. The Morgan fingerprint density at radius 1 is 1.27 bits per heavy atom. The van der Waals surface area contributed by atoms with Gasteiger partial charge in [0.05, 0.1) is 0 Å². The zero-order valence-electron chi connectivity index (χ0n) is 18.4. The molecule has 0 saturated carbocycles. The number of allylic oxidation sites excluding steroid dienone is 2. The summed E-state index contributed by atoms with van der Waals surface area (Å²) in [7, 11) is 0. The van der Waals surface area contributed by atoms with Crippen molar-refractivity contribution in [2.75, 3.05) is 19.6 Å². The fraction of sp³-hybridized carbons (Fsp3) is 0.385. The molecule has 0 radical (unpaired) electrons.